The lowest BCUT2D eigenvalue weighted by atomic mass is 9.93. The molecule has 0 N–H and O–H groups in total. The number of furan rings is 2. The van der Waals surface area contributed by atoms with Crippen LogP contribution in [0.3, 0.4) is 0 Å². The van der Waals surface area contributed by atoms with E-state index in [9.17, 15) is 0 Å². The second-order valence-electron chi connectivity index (χ2n) is 26.8. The summed E-state index contributed by atoms with van der Waals surface area (Å²) >= 11 is 0. The Labute approximate surface area is 617 Å². The molecule has 19 aromatic rings. The molecule has 0 atom stereocenters. The van der Waals surface area contributed by atoms with Crippen LogP contribution in [0, 0.1) is 0 Å². The van der Waals surface area contributed by atoms with Crippen molar-refractivity contribution >= 4 is 78.0 Å². The van der Waals surface area contributed by atoms with Crippen LogP contribution in [0.2, 0.25) is 0 Å². The van der Waals surface area contributed by atoms with Gasteiger partial charge in [-0.2, -0.15) is 0 Å². The van der Waals surface area contributed by atoms with E-state index in [4.69, 9.17) is 8.83 Å². The molecule has 0 fully saturated rings. The van der Waals surface area contributed by atoms with E-state index in [0.717, 1.165) is 94.7 Å². The van der Waals surface area contributed by atoms with Gasteiger partial charge in [0.2, 0.25) is 0 Å². The second kappa shape index (κ2) is 28.8. The van der Waals surface area contributed by atoms with E-state index in [0.29, 0.717) is 0 Å². The highest BCUT2D eigenvalue weighted by Crippen LogP contribution is 2.43. The minimum Gasteiger partial charge on any atom is -0.456 e. The molecule has 0 bridgehead atoms. The third-order valence-electron chi connectivity index (χ3n) is 20.2. The van der Waals surface area contributed by atoms with Gasteiger partial charge in [-0.25, -0.2) is 0 Å². The molecule has 106 heavy (non-hydrogen) atoms. The molecule has 0 unspecified atom stereocenters. The lowest BCUT2D eigenvalue weighted by Gasteiger charge is -2.26. The molecule has 4 heteroatoms. The SMILES string of the molecule is c1ccc(-c2ccc(-c3ccc(N(c4ccc(-c5ccc(-c6ccccc6)cc5)cc4)c4ccc(-c5ccc6c(c5)oc5ccccc56)cc4)cc3)cc2)cc1.c1ccc(-c2ccc(N(c3ccc(-c4cc(-c5ccccc5)cc(-c5ccccc5)c4)cc3)c3ccc4c(c3)oc3ccccc34)cc2)cc1. The quantitative estimate of drug-likeness (QED) is 0.102. The first kappa shape index (κ1) is 64.1. The normalized spacial score (nSPS) is 11.2. The molecule has 500 valence electrons. The molecule has 0 radical (unpaired) electrons. The number of hydrogen-bond acceptors (Lipinski definition) is 4. The van der Waals surface area contributed by atoms with Gasteiger partial charge in [-0.15, -0.1) is 0 Å². The van der Waals surface area contributed by atoms with Gasteiger partial charge in [0.25, 0.3) is 0 Å². The Hall–Kier alpha value is -14.1. The first-order valence-corrected chi connectivity index (χ1v) is 36.1. The summed E-state index contributed by atoms with van der Waals surface area (Å²) in [5.41, 5.74) is 31.4. The standard InChI is InChI=1S/C54H37NO.C48H33NO/c1-3-9-38(10-4-1)40-15-19-42(20-16-40)44-23-30-48(31-24-44)55(49-32-25-45(26-33-49)43-21-17-41(18-22-43)39-11-5-2-6-12-39)50-34-27-46(28-35-50)47-29-36-52-51-13-7-8-14-53(51)56-54(52)37-47;1-4-12-34(13-5-1)37-20-24-42(25-21-37)49(44-28-29-46-45-18-10-11-19-47(45)50-48(46)33-44)43-26-22-38(23-27-43)41-31-39(35-14-6-2-7-15-35)30-40(32-41)36-16-8-3-9-17-36/h1-37H;1-33H. The maximum absolute atomic E-state index is 6.34. The minimum absolute atomic E-state index is 0.873. The average Bonchev–Trinajstić information content (AvgIpc) is 1.72. The molecule has 0 aliphatic carbocycles. The van der Waals surface area contributed by atoms with E-state index in [-0.39, 0.29) is 0 Å². The van der Waals surface area contributed by atoms with Crippen molar-refractivity contribution in [2.45, 2.75) is 0 Å². The predicted molar refractivity (Wildman–Crippen MR) is 446 cm³/mol. The van der Waals surface area contributed by atoms with E-state index >= 15 is 0 Å². The van der Waals surface area contributed by atoms with Crippen molar-refractivity contribution in [3.8, 4) is 100 Å². The summed E-state index contributed by atoms with van der Waals surface area (Å²) in [6.45, 7) is 0. The van der Waals surface area contributed by atoms with E-state index in [1.165, 1.54) is 83.5 Å². The van der Waals surface area contributed by atoms with Crippen LogP contribution >= 0.6 is 0 Å². The Morgan fingerprint density at radius 1 is 0.123 bits per heavy atom. The molecule has 0 saturated heterocycles. The molecule has 0 amide bonds. The summed E-state index contributed by atoms with van der Waals surface area (Å²) in [5.74, 6) is 0. The summed E-state index contributed by atoms with van der Waals surface area (Å²) in [5, 5.41) is 4.53. The highest BCUT2D eigenvalue weighted by Gasteiger charge is 2.19. The van der Waals surface area contributed by atoms with E-state index in [1.54, 1.807) is 0 Å². The molecule has 2 aromatic heterocycles. The molecule has 0 aliphatic rings. The Morgan fingerprint density at radius 3 is 0.642 bits per heavy atom. The third kappa shape index (κ3) is 13.2. The van der Waals surface area contributed by atoms with Crippen LogP contribution < -0.4 is 9.80 Å². The maximum atomic E-state index is 6.34. The number of para-hydroxylation sites is 2. The highest BCUT2D eigenvalue weighted by molar-refractivity contribution is 6.07. The van der Waals surface area contributed by atoms with Gasteiger partial charge < -0.3 is 18.6 Å². The first-order valence-electron chi connectivity index (χ1n) is 36.1. The number of benzene rings is 17. The summed E-state index contributed by atoms with van der Waals surface area (Å²) in [7, 11) is 0. The highest BCUT2D eigenvalue weighted by atomic mass is 16.3. The summed E-state index contributed by atoms with van der Waals surface area (Å²) in [6.07, 6.45) is 0. The van der Waals surface area contributed by atoms with Gasteiger partial charge in [0.1, 0.15) is 22.3 Å². The van der Waals surface area contributed by atoms with Crippen molar-refractivity contribution < 1.29 is 8.83 Å². The van der Waals surface area contributed by atoms with Gasteiger partial charge in [0, 0.05) is 61.7 Å². The number of rotatable bonds is 15. The van der Waals surface area contributed by atoms with Crippen molar-refractivity contribution in [2.24, 2.45) is 0 Å². The monoisotopic (exact) mass is 1350 g/mol. The van der Waals surface area contributed by atoms with Crippen molar-refractivity contribution in [2.75, 3.05) is 9.80 Å². The molecule has 2 heterocycles. The maximum Gasteiger partial charge on any atom is 0.137 e. The van der Waals surface area contributed by atoms with Gasteiger partial charge >= 0.3 is 0 Å². The fourth-order valence-corrected chi connectivity index (χ4v) is 14.7. The lowest BCUT2D eigenvalue weighted by Crippen LogP contribution is -2.09. The number of anilines is 6. The van der Waals surface area contributed by atoms with Gasteiger partial charge in [0.05, 0.1) is 0 Å². The van der Waals surface area contributed by atoms with E-state index < -0.39 is 0 Å². The molecular formula is C102H70N2O2. The van der Waals surface area contributed by atoms with Gasteiger partial charge in [0.15, 0.2) is 0 Å². The molecule has 19 rings (SSSR count). The minimum atomic E-state index is 0.873. The zero-order valence-corrected chi connectivity index (χ0v) is 58.1. The zero-order valence-electron chi connectivity index (χ0n) is 58.1. The average molecular weight is 1360 g/mol. The van der Waals surface area contributed by atoms with Gasteiger partial charge in [-0.1, -0.05) is 303 Å². The number of hydrogen-bond donors (Lipinski definition) is 0. The summed E-state index contributed by atoms with van der Waals surface area (Å²) in [4.78, 5) is 4.64. The lowest BCUT2D eigenvalue weighted by molar-refractivity contribution is 0.668. The van der Waals surface area contributed by atoms with Crippen LogP contribution in [-0.4, -0.2) is 0 Å². The first-order chi connectivity index (χ1) is 52.5. The second-order valence-corrected chi connectivity index (χ2v) is 26.8. The molecule has 0 aliphatic heterocycles. The van der Waals surface area contributed by atoms with Crippen molar-refractivity contribution in [3.05, 3.63) is 425 Å². The summed E-state index contributed by atoms with van der Waals surface area (Å²) < 4.78 is 12.6. The van der Waals surface area contributed by atoms with Gasteiger partial charge in [-0.05, 0) is 215 Å². The number of nitrogens with zero attached hydrogens (tertiary/aromatic N) is 2. The topological polar surface area (TPSA) is 32.8 Å². The summed E-state index contributed by atoms with van der Waals surface area (Å²) in [6, 6.07) is 151. The predicted octanol–water partition coefficient (Wildman–Crippen LogP) is 29.1. The fraction of sp³-hybridized carbons (Fsp3) is 0. The van der Waals surface area contributed by atoms with Crippen molar-refractivity contribution in [1.82, 2.24) is 0 Å². The molecule has 0 saturated carbocycles. The molecule has 4 nitrogen and oxygen atoms in total. The fourth-order valence-electron chi connectivity index (χ4n) is 14.7. The van der Waals surface area contributed by atoms with Crippen LogP contribution in [0.15, 0.2) is 433 Å². The van der Waals surface area contributed by atoms with E-state index in [1.807, 2.05) is 24.3 Å². The van der Waals surface area contributed by atoms with E-state index in [2.05, 4.69) is 410 Å². The van der Waals surface area contributed by atoms with Crippen LogP contribution in [0.1, 0.15) is 0 Å². The Bertz CT molecular complexity index is 6040. The number of fused-ring (bicyclic) bond motifs is 6. The smallest absolute Gasteiger partial charge is 0.137 e. The van der Waals surface area contributed by atoms with Crippen LogP contribution in [-0.2, 0) is 0 Å². The zero-order chi connectivity index (χ0) is 70.5. The van der Waals surface area contributed by atoms with Gasteiger partial charge in [-0.3, -0.25) is 0 Å². The largest absolute Gasteiger partial charge is 0.456 e. The molecule has 17 aromatic carbocycles. The Balaban J connectivity index is 0.000000151. The van der Waals surface area contributed by atoms with Crippen LogP contribution in [0.5, 0.6) is 0 Å². The third-order valence-corrected chi connectivity index (χ3v) is 20.2. The van der Waals surface area contributed by atoms with Crippen molar-refractivity contribution in [3.63, 3.8) is 0 Å². The van der Waals surface area contributed by atoms with Crippen LogP contribution in [0.25, 0.3) is 144 Å². The van der Waals surface area contributed by atoms with Crippen molar-refractivity contribution in [1.29, 1.82) is 0 Å². The molecular weight excluding hydrogens is 1290 g/mol. The van der Waals surface area contributed by atoms with Crippen LogP contribution in [0.4, 0.5) is 34.1 Å². The molecule has 0 spiro atoms. The Morgan fingerprint density at radius 2 is 0.321 bits per heavy atom. The Kier molecular flexibility index (Phi) is 17.4.